The average molecular weight is 265 g/mol. The third-order valence-corrected chi connectivity index (χ3v) is 2.85. The molecule has 0 N–H and O–H groups in total. The number of aromatic nitrogens is 2. The predicted molar refractivity (Wildman–Crippen MR) is 70.2 cm³/mol. The number of aryl methyl sites for hydroxylation is 2. The van der Waals surface area contributed by atoms with E-state index in [1.807, 2.05) is 24.3 Å². The molecule has 1 aromatic heterocycles. The van der Waals surface area contributed by atoms with Gasteiger partial charge in [-0.25, -0.2) is 4.98 Å². The van der Waals surface area contributed by atoms with Crippen LogP contribution in [-0.2, 0) is 13.0 Å². The molecule has 94 valence electrons. The van der Waals surface area contributed by atoms with E-state index in [9.17, 15) is 4.79 Å². The van der Waals surface area contributed by atoms with Crippen molar-refractivity contribution in [2.75, 3.05) is 7.11 Å². The van der Waals surface area contributed by atoms with Gasteiger partial charge in [-0.15, -0.1) is 0 Å². The molecule has 0 bridgehead atoms. The van der Waals surface area contributed by atoms with Crippen LogP contribution in [0, 0.1) is 0 Å². The van der Waals surface area contributed by atoms with E-state index < -0.39 is 0 Å². The van der Waals surface area contributed by atoms with Gasteiger partial charge in [-0.2, -0.15) is 0 Å². The fourth-order valence-corrected chi connectivity index (χ4v) is 1.75. The summed E-state index contributed by atoms with van der Waals surface area (Å²) >= 11 is 5.63. The number of benzene rings is 1. The molecule has 0 aliphatic heterocycles. The molecule has 0 aliphatic carbocycles. The molecule has 0 saturated heterocycles. The Labute approximate surface area is 110 Å². The molecule has 5 heteroatoms. The molecule has 2 aromatic rings. The van der Waals surface area contributed by atoms with Crippen LogP contribution in [0.25, 0.3) is 0 Å². The molecule has 0 aliphatic rings. The standard InChI is InChI=1S/C13H13ClN2O2/c1-18-11-4-2-10(3-5-11)6-7-16-9-15-12(14)8-13(16)17/h2-5,8-9H,6-7H2,1H3. The second-order valence-electron chi connectivity index (χ2n) is 3.84. The van der Waals surface area contributed by atoms with Gasteiger partial charge < -0.3 is 4.74 Å². The van der Waals surface area contributed by atoms with Crippen molar-refractivity contribution in [2.24, 2.45) is 0 Å². The maximum Gasteiger partial charge on any atom is 0.254 e. The van der Waals surface area contributed by atoms with Crippen molar-refractivity contribution in [3.63, 3.8) is 0 Å². The van der Waals surface area contributed by atoms with Gasteiger partial charge in [0.1, 0.15) is 10.9 Å². The van der Waals surface area contributed by atoms with Crippen molar-refractivity contribution in [1.82, 2.24) is 9.55 Å². The van der Waals surface area contributed by atoms with Gasteiger partial charge in [0.25, 0.3) is 5.56 Å². The highest BCUT2D eigenvalue weighted by Crippen LogP contribution is 2.11. The summed E-state index contributed by atoms with van der Waals surface area (Å²) < 4.78 is 6.62. The molecule has 0 fully saturated rings. The predicted octanol–water partition coefficient (Wildman–Crippen LogP) is 2.15. The van der Waals surface area contributed by atoms with E-state index in [2.05, 4.69) is 4.98 Å². The summed E-state index contributed by atoms with van der Waals surface area (Å²) in [5, 5.41) is 0.223. The number of halogens is 1. The Morgan fingerprint density at radius 3 is 2.67 bits per heavy atom. The zero-order valence-electron chi connectivity index (χ0n) is 9.97. The second kappa shape index (κ2) is 5.69. The van der Waals surface area contributed by atoms with E-state index in [0.29, 0.717) is 6.54 Å². The first-order valence-electron chi connectivity index (χ1n) is 5.54. The van der Waals surface area contributed by atoms with Gasteiger partial charge in [-0.1, -0.05) is 23.7 Å². The smallest absolute Gasteiger partial charge is 0.254 e. The molecular formula is C13H13ClN2O2. The molecule has 0 atom stereocenters. The van der Waals surface area contributed by atoms with E-state index >= 15 is 0 Å². The highest BCUT2D eigenvalue weighted by atomic mass is 35.5. The highest BCUT2D eigenvalue weighted by molar-refractivity contribution is 6.29. The molecule has 1 aromatic carbocycles. The third-order valence-electron chi connectivity index (χ3n) is 2.65. The number of ether oxygens (including phenoxy) is 1. The lowest BCUT2D eigenvalue weighted by Gasteiger charge is -2.06. The maximum absolute atomic E-state index is 11.6. The average Bonchev–Trinajstić information content (AvgIpc) is 2.38. The minimum Gasteiger partial charge on any atom is -0.497 e. The van der Waals surface area contributed by atoms with Crippen molar-refractivity contribution in [2.45, 2.75) is 13.0 Å². The fraction of sp³-hybridized carbons (Fsp3) is 0.231. The van der Waals surface area contributed by atoms with Crippen LogP contribution in [0.5, 0.6) is 5.75 Å². The number of hydrogen-bond donors (Lipinski definition) is 0. The van der Waals surface area contributed by atoms with Crippen LogP contribution in [0.3, 0.4) is 0 Å². The van der Waals surface area contributed by atoms with Crippen LogP contribution < -0.4 is 10.3 Å². The fourth-order valence-electron chi connectivity index (χ4n) is 1.61. The molecule has 18 heavy (non-hydrogen) atoms. The molecule has 4 nitrogen and oxygen atoms in total. The van der Waals surface area contributed by atoms with Crippen LogP contribution in [0.15, 0.2) is 41.5 Å². The second-order valence-corrected chi connectivity index (χ2v) is 4.23. The lowest BCUT2D eigenvalue weighted by atomic mass is 10.1. The Bertz CT molecular complexity index is 578. The Morgan fingerprint density at radius 2 is 2.06 bits per heavy atom. The first-order valence-corrected chi connectivity index (χ1v) is 5.92. The van der Waals surface area contributed by atoms with Crippen LogP contribution in [-0.4, -0.2) is 16.7 Å². The Morgan fingerprint density at radius 1 is 1.33 bits per heavy atom. The first-order chi connectivity index (χ1) is 8.69. The van der Waals surface area contributed by atoms with Gasteiger partial charge in [0.15, 0.2) is 0 Å². The van der Waals surface area contributed by atoms with E-state index in [-0.39, 0.29) is 10.7 Å². The van der Waals surface area contributed by atoms with Crippen LogP contribution >= 0.6 is 11.6 Å². The van der Waals surface area contributed by atoms with Crippen molar-refractivity contribution >= 4 is 11.6 Å². The van der Waals surface area contributed by atoms with Gasteiger partial charge in [0.05, 0.1) is 13.4 Å². The SMILES string of the molecule is COc1ccc(CCn2cnc(Cl)cc2=O)cc1. The normalized spacial score (nSPS) is 10.3. The van der Waals surface area contributed by atoms with Crippen LogP contribution in [0.1, 0.15) is 5.56 Å². The summed E-state index contributed by atoms with van der Waals surface area (Å²) in [6.45, 7) is 0.579. The quantitative estimate of drug-likeness (QED) is 0.795. The van der Waals surface area contributed by atoms with E-state index in [1.54, 1.807) is 7.11 Å². The molecule has 0 spiro atoms. The lowest BCUT2D eigenvalue weighted by molar-refractivity contribution is 0.414. The van der Waals surface area contributed by atoms with Gasteiger partial charge in [-0.05, 0) is 24.1 Å². The summed E-state index contributed by atoms with van der Waals surface area (Å²) in [6, 6.07) is 9.08. The van der Waals surface area contributed by atoms with E-state index in [0.717, 1.165) is 17.7 Å². The largest absolute Gasteiger partial charge is 0.497 e. The summed E-state index contributed by atoms with van der Waals surface area (Å²) in [5.41, 5.74) is 1.00. The Balaban J connectivity index is 2.04. The molecular weight excluding hydrogens is 252 g/mol. The van der Waals surface area contributed by atoms with Crippen LogP contribution in [0.4, 0.5) is 0 Å². The molecule has 2 rings (SSSR count). The molecule has 0 radical (unpaired) electrons. The Kier molecular flexibility index (Phi) is 3.99. The van der Waals surface area contributed by atoms with Crippen molar-refractivity contribution in [1.29, 1.82) is 0 Å². The zero-order chi connectivity index (χ0) is 13.0. The summed E-state index contributed by atoms with van der Waals surface area (Å²) in [5.74, 6) is 0.823. The number of methoxy groups -OCH3 is 1. The van der Waals surface area contributed by atoms with Gasteiger partial charge in [-0.3, -0.25) is 9.36 Å². The minimum atomic E-state index is -0.136. The topological polar surface area (TPSA) is 44.1 Å². The molecule has 0 amide bonds. The van der Waals surface area contributed by atoms with Crippen molar-refractivity contribution < 1.29 is 4.74 Å². The van der Waals surface area contributed by atoms with E-state index in [1.165, 1.54) is 17.0 Å². The molecule has 0 unspecified atom stereocenters. The Hall–Kier alpha value is -1.81. The lowest BCUT2D eigenvalue weighted by Crippen LogP contribution is -2.20. The van der Waals surface area contributed by atoms with E-state index in [4.69, 9.17) is 16.3 Å². The van der Waals surface area contributed by atoms with Gasteiger partial charge in [0.2, 0.25) is 0 Å². The number of rotatable bonds is 4. The number of hydrogen-bond acceptors (Lipinski definition) is 3. The zero-order valence-corrected chi connectivity index (χ0v) is 10.7. The summed E-state index contributed by atoms with van der Waals surface area (Å²) in [6.07, 6.45) is 2.22. The molecule has 1 heterocycles. The summed E-state index contributed by atoms with van der Waals surface area (Å²) in [7, 11) is 1.63. The minimum absolute atomic E-state index is 0.136. The van der Waals surface area contributed by atoms with Crippen molar-refractivity contribution in [3.05, 3.63) is 57.7 Å². The van der Waals surface area contributed by atoms with Gasteiger partial charge >= 0.3 is 0 Å². The highest BCUT2D eigenvalue weighted by Gasteiger charge is 1.99. The first kappa shape index (κ1) is 12.6. The molecule has 0 saturated carbocycles. The van der Waals surface area contributed by atoms with Crippen LogP contribution in [0.2, 0.25) is 5.15 Å². The third kappa shape index (κ3) is 3.11. The number of nitrogens with zero attached hydrogens (tertiary/aromatic N) is 2. The van der Waals surface area contributed by atoms with Crippen molar-refractivity contribution in [3.8, 4) is 5.75 Å². The summed E-state index contributed by atoms with van der Waals surface area (Å²) in [4.78, 5) is 15.5. The van der Waals surface area contributed by atoms with Gasteiger partial charge in [0, 0.05) is 12.6 Å². The monoisotopic (exact) mass is 264 g/mol. The maximum atomic E-state index is 11.6.